The number of carbonyl (C=O) groups is 1. The van der Waals surface area contributed by atoms with E-state index in [1.807, 2.05) is 43.3 Å². The molecule has 0 saturated carbocycles. The Bertz CT molecular complexity index is 1010. The lowest BCUT2D eigenvalue weighted by Crippen LogP contribution is -2.13. The lowest BCUT2D eigenvalue weighted by molar-refractivity contribution is -0.112. The van der Waals surface area contributed by atoms with Gasteiger partial charge in [-0.05, 0) is 43.3 Å². The molecule has 3 rings (SSSR count). The van der Waals surface area contributed by atoms with E-state index in [1.54, 1.807) is 30.3 Å². The van der Waals surface area contributed by atoms with Crippen molar-refractivity contribution in [1.29, 1.82) is 5.26 Å². The number of hydrogen-bond donors (Lipinski definition) is 1. The molecular formula is C21H15ClN2O2. The highest BCUT2D eigenvalue weighted by atomic mass is 35.5. The topological polar surface area (TPSA) is 66.0 Å². The molecule has 5 heteroatoms. The van der Waals surface area contributed by atoms with Crippen molar-refractivity contribution in [2.45, 2.75) is 6.92 Å². The van der Waals surface area contributed by atoms with E-state index in [4.69, 9.17) is 16.0 Å². The van der Waals surface area contributed by atoms with E-state index in [0.717, 1.165) is 11.1 Å². The van der Waals surface area contributed by atoms with Crippen molar-refractivity contribution >= 4 is 29.3 Å². The molecule has 128 valence electrons. The summed E-state index contributed by atoms with van der Waals surface area (Å²) in [4.78, 5) is 12.3. The Hall–Kier alpha value is -3.29. The molecule has 1 aromatic heterocycles. The largest absolute Gasteiger partial charge is 0.457 e. The third-order valence-corrected chi connectivity index (χ3v) is 4.06. The van der Waals surface area contributed by atoms with Crippen molar-refractivity contribution in [2.24, 2.45) is 0 Å². The van der Waals surface area contributed by atoms with Gasteiger partial charge in [-0.2, -0.15) is 5.26 Å². The summed E-state index contributed by atoms with van der Waals surface area (Å²) in [5.74, 6) is 0.473. The highest BCUT2D eigenvalue weighted by molar-refractivity contribution is 6.33. The average molecular weight is 363 g/mol. The van der Waals surface area contributed by atoms with Crippen LogP contribution in [-0.2, 0) is 4.79 Å². The van der Waals surface area contributed by atoms with E-state index in [1.165, 1.54) is 6.08 Å². The summed E-state index contributed by atoms with van der Waals surface area (Å²) in [6.45, 7) is 1.96. The number of nitriles is 1. The number of rotatable bonds is 4. The fourth-order valence-electron chi connectivity index (χ4n) is 2.36. The Morgan fingerprint density at radius 1 is 1.12 bits per heavy atom. The fourth-order valence-corrected chi connectivity index (χ4v) is 2.59. The first-order chi connectivity index (χ1) is 12.6. The van der Waals surface area contributed by atoms with Crippen molar-refractivity contribution < 1.29 is 9.21 Å². The van der Waals surface area contributed by atoms with E-state index in [2.05, 4.69) is 5.32 Å². The van der Waals surface area contributed by atoms with Gasteiger partial charge in [0.05, 0.1) is 5.02 Å². The van der Waals surface area contributed by atoms with Gasteiger partial charge in [0.25, 0.3) is 5.91 Å². The van der Waals surface area contributed by atoms with Crippen LogP contribution in [0.3, 0.4) is 0 Å². The maximum atomic E-state index is 12.3. The quantitative estimate of drug-likeness (QED) is 0.495. The van der Waals surface area contributed by atoms with E-state index in [0.29, 0.717) is 22.2 Å². The van der Waals surface area contributed by atoms with Crippen molar-refractivity contribution in [3.63, 3.8) is 0 Å². The summed E-state index contributed by atoms with van der Waals surface area (Å²) < 4.78 is 5.71. The molecule has 3 aromatic rings. The van der Waals surface area contributed by atoms with Crippen LogP contribution in [0.4, 0.5) is 5.69 Å². The molecule has 0 unspecified atom stereocenters. The zero-order valence-corrected chi connectivity index (χ0v) is 14.7. The predicted octanol–water partition coefficient (Wildman–Crippen LogP) is 5.45. The zero-order valence-electron chi connectivity index (χ0n) is 14.0. The molecule has 0 bridgehead atoms. The number of nitrogens with one attached hydrogen (secondary N) is 1. The van der Waals surface area contributed by atoms with Gasteiger partial charge in [-0.1, -0.05) is 41.4 Å². The lowest BCUT2D eigenvalue weighted by Gasteiger charge is -2.04. The lowest BCUT2D eigenvalue weighted by atomic mass is 10.2. The molecule has 0 aliphatic rings. The molecule has 2 aromatic carbocycles. The minimum atomic E-state index is -0.493. The van der Waals surface area contributed by atoms with Crippen molar-refractivity contribution in [3.05, 3.63) is 82.6 Å². The van der Waals surface area contributed by atoms with Gasteiger partial charge in [-0.25, -0.2) is 0 Å². The third kappa shape index (κ3) is 4.02. The fraction of sp³-hybridized carbons (Fsp3) is 0.0476. The number of hydrogen-bond acceptors (Lipinski definition) is 3. The number of anilines is 1. The Labute approximate surface area is 156 Å². The Morgan fingerprint density at radius 3 is 2.54 bits per heavy atom. The summed E-state index contributed by atoms with van der Waals surface area (Å²) in [6.07, 6.45) is 1.41. The molecule has 0 saturated heterocycles. The standard InChI is InChI=1S/C21H15ClN2O2/c1-14-6-8-16(9-7-14)24-21(25)15(13-23)12-17-10-11-20(26-17)18-4-2-3-5-19(18)22/h2-12H,1H3,(H,24,25)/b15-12+. The Morgan fingerprint density at radius 2 is 1.85 bits per heavy atom. The molecule has 1 N–H and O–H groups in total. The van der Waals surface area contributed by atoms with Crippen LogP contribution in [0.1, 0.15) is 11.3 Å². The molecule has 0 spiro atoms. The van der Waals surface area contributed by atoms with Crippen molar-refractivity contribution in [1.82, 2.24) is 0 Å². The molecule has 1 heterocycles. The Balaban J connectivity index is 1.81. The maximum Gasteiger partial charge on any atom is 0.266 e. The number of aryl methyl sites for hydroxylation is 1. The molecule has 26 heavy (non-hydrogen) atoms. The normalized spacial score (nSPS) is 11.0. The van der Waals surface area contributed by atoms with Crippen LogP contribution in [0.15, 0.2) is 70.7 Å². The van der Waals surface area contributed by atoms with Gasteiger partial charge >= 0.3 is 0 Å². The molecule has 1 amide bonds. The van der Waals surface area contributed by atoms with Crippen LogP contribution in [0.25, 0.3) is 17.4 Å². The minimum absolute atomic E-state index is 0.0503. The molecule has 0 aliphatic carbocycles. The third-order valence-electron chi connectivity index (χ3n) is 3.73. The molecule has 0 radical (unpaired) electrons. The van der Waals surface area contributed by atoms with Crippen LogP contribution < -0.4 is 5.32 Å². The summed E-state index contributed by atoms with van der Waals surface area (Å²) in [5, 5.41) is 12.6. The smallest absolute Gasteiger partial charge is 0.266 e. The monoisotopic (exact) mass is 362 g/mol. The summed E-state index contributed by atoms with van der Waals surface area (Å²) >= 11 is 6.16. The number of carbonyl (C=O) groups excluding carboxylic acids is 1. The highest BCUT2D eigenvalue weighted by Gasteiger charge is 2.12. The average Bonchev–Trinajstić information content (AvgIpc) is 3.10. The van der Waals surface area contributed by atoms with Gasteiger partial charge in [-0.15, -0.1) is 0 Å². The van der Waals surface area contributed by atoms with Gasteiger partial charge in [0.2, 0.25) is 0 Å². The van der Waals surface area contributed by atoms with Crippen LogP contribution in [0.5, 0.6) is 0 Å². The van der Waals surface area contributed by atoms with Gasteiger partial charge in [-0.3, -0.25) is 4.79 Å². The zero-order chi connectivity index (χ0) is 18.5. The first-order valence-corrected chi connectivity index (χ1v) is 8.29. The second kappa shape index (κ2) is 7.73. The van der Waals surface area contributed by atoms with Gasteiger partial charge in [0.1, 0.15) is 23.2 Å². The molecule has 0 aliphatic heterocycles. The minimum Gasteiger partial charge on any atom is -0.457 e. The molecule has 0 atom stereocenters. The number of amides is 1. The molecular weight excluding hydrogens is 348 g/mol. The molecule has 4 nitrogen and oxygen atoms in total. The van der Waals surface area contributed by atoms with Gasteiger partial charge in [0, 0.05) is 17.3 Å². The number of nitrogens with zero attached hydrogens (tertiary/aromatic N) is 1. The van der Waals surface area contributed by atoms with E-state index >= 15 is 0 Å². The van der Waals surface area contributed by atoms with Crippen LogP contribution in [-0.4, -0.2) is 5.91 Å². The van der Waals surface area contributed by atoms with Crippen LogP contribution in [0, 0.1) is 18.3 Å². The second-order valence-corrected chi connectivity index (χ2v) is 6.08. The predicted molar refractivity (Wildman–Crippen MR) is 103 cm³/mol. The molecule has 0 fully saturated rings. The van der Waals surface area contributed by atoms with Gasteiger partial charge < -0.3 is 9.73 Å². The van der Waals surface area contributed by atoms with E-state index in [9.17, 15) is 10.1 Å². The van der Waals surface area contributed by atoms with E-state index in [-0.39, 0.29) is 5.57 Å². The van der Waals surface area contributed by atoms with E-state index < -0.39 is 5.91 Å². The maximum absolute atomic E-state index is 12.3. The first-order valence-electron chi connectivity index (χ1n) is 7.91. The summed E-state index contributed by atoms with van der Waals surface area (Å²) in [7, 11) is 0. The van der Waals surface area contributed by atoms with Crippen molar-refractivity contribution in [3.8, 4) is 17.4 Å². The Kier molecular flexibility index (Phi) is 5.21. The van der Waals surface area contributed by atoms with Crippen molar-refractivity contribution in [2.75, 3.05) is 5.32 Å². The SMILES string of the molecule is Cc1ccc(NC(=O)/C(C#N)=C/c2ccc(-c3ccccc3Cl)o2)cc1. The number of benzene rings is 2. The summed E-state index contributed by atoms with van der Waals surface area (Å²) in [6, 6.07) is 20.0. The van der Waals surface area contributed by atoms with Gasteiger partial charge in [0.15, 0.2) is 0 Å². The number of halogens is 1. The second-order valence-electron chi connectivity index (χ2n) is 5.67. The first kappa shape index (κ1) is 17.5. The van der Waals surface area contributed by atoms with Crippen LogP contribution >= 0.6 is 11.6 Å². The highest BCUT2D eigenvalue weighted by Crippen LogP contribution is 2.29. The summed E-state index contributed by atoms with van der Waals surface area (Å²) in [5.41, 5.74) is 2.40. The van der Waals surface area contributed by atoms with Crippen LogP contribution in [0.2, 0.25) is 5.02 Å². The number of furan rings is 1.